The van der Waals surface area contributed by atoms with Gasteiger partial charge < -0.3 is 9.47 Å². The van der Waals surface area contributed by atoms with Crippen LogP contribution in [0.15, 0.2) is 0 Å². The standard InChI is InChI=1S/C10H14N2O4S/c1-4-15-8(13)7-6(3)11-9(17-7)12-10(14)16-5-2/h4-5H2,1-3H3,(H,11,12,14). The summed E-state index contributed by atoms with van der Waals surface area (Å²) in [4.78, 5) is 27.1. The van der Waals surface area contributed by atoms with Gasteiger partial charge in [-0.15, -0.1) is 0 Å². The van der Waals surface area contributed by atoms with Gasteiger partial charge >= 0.3 is 12.1 Å². The zero-order valence-electron chi connectivity index (χ0n) is 9.90. The number of thiazole rings is 1. The van der Waals surface area contributed by atoms with Crippen molar-refractivity contribution >= 4 is 28.5 Å². The summed E-state index contributed by atoms with van der Waals surface area (Å²) in [6, 6.07) is 0. The maximum Gasteiger partial charge on any atom is 0.413 e. The van der Waals surface area contributed by atoms with Gasteiger partial charge in [-0.1, -0.05) is 11.3 Å². The van der Waals surface area contributed by atoms with E-state index in [0.29, 0.717) is 22.3 Å². The number of esters is 1. The summed E-state index contributed by atoms with van der Waals surface area (Å²) < 4.78 is 9.57. The number of hydrogen-bond donors (Lipinski definition) is 1. The van der Waals surface area contributed by atoms with Gasteiger partial charge in [0.05, 0.1) is 18.9 Å². The van der Waals surface area contributed by atoms with Crippen LogP contribution in [0.25, 0.3) is 0 Å². The lowest BCUT2D eigenvalue weighted by Gasteiger charge is -2.00. The monoisotopic (exact) mass is 258 g/mol. The zero-order chi connectivity index (χ0) is 12.8. The molecular weight excluding hydrogens is 244 g/mol. The van der Waals surface area contributed by atoms with Crippen molar-refractivity contribution in [3.8, 4) is 0 Å². The van der Waals surface area contributed by atoms with Gasteiger partial charge in [0, 0.05) is 0 Å². The van der Waals surface area contributed by atoms with Gasteiger partial charge in [-0.05, 0) is 20.8 Å². The molecule has 1 rings (SSSR count). The first kappa shape index (κ1) is 13.4. The molecular formula is C10H14N2O4S. The Morgan fingerprint density at radius 2 is 1.94 bits per heavy atom. The average molecular weight is 258 g/mol. The Labute approximate surface area is 103 Å². The second-order valence-corrected chi connectivity index (χ2v) is 4.00. The minimum absolute atomic E-state index is 0.279. The molecule has 1 aromatic heterocycles. The predicted octanol–water partition coefficient (Wildman–Crippen LogP) is 2.20. The lowest BCUT2D eigenvalue weighted by Crippen LogP contribution is -2.12. The molecule has 0 aliphatic carbocycles. The van der Waals surface area contributed by atoms with Crippen molar-refractivity contribution in [1.29, 1.82) is 0 Å². The van der Waals surface area contributed by atoms with Crippen LogP contribution in [-0.4, -0.2) is 30.3 Å². The summed E-state index contributed by atoms with van der Waals surface area (Å²) in [5.41, 5.74) is 0.528. The van der Waals surface area contributed by atoms with Crippen LogP contribution in [0.4, 0.5) is 9.93 Å². The first-order valence-electron chi connectivity index (χ1n) is 5.16. The quantitative estimate of drug-likeness (QED) is 0.838. The zero-order valence-corrected chi connectivity index (χ0v) is 10.7. The summed E-state index contributed by atoms with van der Waals surface area (Å²) in [7, 11) is 0. The van der Waals surface area contributed by atoms with E-state index >= 15 is 0 Å². The van der Waals surface area contributed by atoms with Crippen molar-refractivity contribution in [2.45, 2.75) is 20.8 Å². The van der Waals surface area contributed by atoms with E-state index in [4.69, 9.17) is 9.47 Å². The lowest BCUT2D eigenvalue weighted by atomic mass is 10.4. The van der Waals surface area contributed by atoms with Crippen LogP contribution >= 0.6 is 11.3 Å². The third-order valence-corrected chi connectivity index (χ3v) is 2.79. The number of nitrogens with zero attached hydrogens (tertiary/aromatic N) is 1. The number of amides is 1. The third-order valence-electron chi connectivity index (χ3n) is 1.74. The fourth-order valence-electron chi connectivity index (χ4n) is 1.09. The topological polar surface area (TPSA) is 77.5 Å². The number of aromatic nitrogens is 1. The Morgan fingerprint density at radius 1 is 1.29 bits per heavy atom. The second-order valence-electron chi connectivity index (χ2n) is 3.00. The molecule has 0 aromatic carbocycles. The van der Waals surface area contributed by atoms with Crippen LogP contribution < -0.4 is 5.32 Å². The number of rotatable bonds is 4. The van der Waals surface area contributed by atoms with Crippen LogP contribution in [0.3, 0.4) is 0 Å². The molecule has 94 valence electrons. The van der Waals surface area contributed by atoms with Crippen molar-refractivity contribution in [1.82, 2.24) is 4.98 Å². The van der Waals surface area contributed by atoms with Gasteiger partial charge in [-0.3, -0.25) is 5.32 Å². The SMILES string of the molecule is CCOC(=O)Nc1nc(C)c(C(=O)OCC)s1. The van der Waals surface area contributed by atoms with Gasteiger partial charge in [0.1, 0.15) is 4.88 Å². The molecule has 1 N–H and O–H groups in total. The predicted molar refractivity (Wildman–Crippen MR) is 63.5 cm³/mol. The molecule has 0 saturated heterocycles. The molecule has 1 amide bonds. The highest BCUT2D eigenvalue weighted by Crippen LogP contribution is 2.23. The van der Waals surface area contributed by atoms with E-state index in [9.17, 15) is 9.59 Å². The molecule has 0 aliphatic heterocycles. The summed E-state index contributed by atoms with van der Waals surface area (Å²) >= 11 is 1.06. The molecule has 7 heteroatoms. The molecule has 1 heterocycles. The van der Waals surface area contributed by atoms with Crippen molar-refractivity contribution in [3.05, 3.63) is 10.6 Å². The molecule has 1 aromatic rings. The van der Waals surface area contributed by atoms with Gasteiger partial charge in [0.15, 0.2) is 5.13 Å². The van der Waals surface area contributed by atoms with Crippen LogP contribution in [0.5, 0.6) is 0 Å². The maximum absolute atomic E-state index is 11.5. The van der Waals surface area contributed by atoms with E-state index < -0.39 is 12.1 Å². The van der Waals surface area contributed by atoms with E-state index in [1.807, 2.05) is 0 Å². The maximum atomic E-state index is 11.5. The summed E-state index contributed by atoms with van der Waals surface area (Å²) in [6.45, 7) is 5.69. The Kier molecular flexibility index (Phi) is 4.89. The highest BCUT2D eigenvalue weighted by atomic mass is 32.1. The number of hydrogen-bond acceptors (Lipinski definition) is 6. The molecule has 0 radical (unpaired) electrons. The lowest BCUT2D eigenvalue weighted by molar-refractivity contribution is 0.0531. The van der Waals surface area contributed by atoms with Gasteiger partial charge in [0.2, 0.25) is 0 Å². The van der Waals surface area contributed by atoms with Crippen LogP contribution in [0.1, 0.15) is 29.2 Å². The van der Waals surface area contributed by atoms with E-state index in [2.05, 4.69) is 10.3 Å². The molecule has 0 fully saturated rings. The fraction of sp³-hybridized carbons (Fsp3) is 0.500. The van der Waals surface area contributed by atoms with Gasteiger partial charge in [-0.25, -0.2) is 14.6 Å². The Balaban J connectivity index is 2.74. The minimum atomic E-state index is -0.586. The number of nitrogens with one attached hydrogen (secondary N) is 1. The molecule has 6 nitrogen and oxygen atoms in total. The molecule has 17 heavy (non-hydrogen) atoms. The first-order valence-corrected chi connectivity index (χ1v) is 5.98. The molecule has 0 bridgehead atoms. The molecule has 0 aliphatic rings. The van der Waals surface area contributed by atoms with Crippen molar-refractivity contribution in [2.75, 3.05) is 18.5 Å². The van der Waals surface area contributed by atoms with Crippen LogP contribution in [-0.2, 0) is 9.47 Å². The molecule has 0 saturated carbocycles. The van der Waals surface area contributed by atoms with Crippen LogP contribution in [0.2, 0.25) is 0 Å². The highest BCUT2D eigenvalue weighted by molar-refractivity contribution is 7.17. The molecule has 0 unspecified atom stereocenters. The third kappa shape index (κ3) is 3.70. The average Bonchev–Trinajstić information content (AvgIpc) is 2.60. The van der Waals surface area contributed by atoms with E-state index in [0.717, 1.165) is 11.3 Å². The normalized spacial score (nSPS) is 9.82. The van der Waals surface area contributed by atoms with E-state index in [-0.39, 0.29) is 6.61 Å². The van der Waals surface area contributed by atoms with Gasteiger partial charge in [-0.2, -0.15) is 0 Å². The largest absolute Gasteiger partial charge is 0.462 e. The Bertz CT molecular complexity index is 416. The number of anilines is 1. The van der Waals surface area contributed by atoms with E-state index in [1.54, 1.807) is 20.8 Å². The Morgan fingerprint density at radius 3 is 2.53 bits per heavy atom. The number of carbonyl (C=O) groups is 2. The number of carbonyl (C=O) groups excluding carboxylic acids is 2. The Hall–Kier alpha value is -1.63. The van der Waals surface area contributed by atoms with Crippen molar-refractivity contribution in [2.24, 2.45) is 0 Å². The smallest absolute Gasteiger partial charge is 0.413 e. The number of ether oxygens (including phenoxy) is 2. The van der Waals surface area contributed by atoms with Gasteiger partial charge in [0.25, 0.3) is 0 Å². The fourth-order valence-corrected chi connectivity index (χ4v) is 1.94. The van der Waals surface area contributed by atoms with Crippen molar-refractivity contribution < 1.29 is 19.1 Å². The highest BCUT2D eigenvalue weighted by Gasteiger charge is 2.17. The second kappa shape index (κ2) is 6.19. The minimum Gasteiger partial charge on any atom is -0.462 e. The van der Waals surface area contributed by atoms with E-state index in [1.165, 1.54) is 0 Å². The summed E-state index contributed by atoms with van der Waals surface area (Å²) in [6.07, 6.45) is -0.586. The van der Waals surface area contributed by atoms with Crippen molar-refractivity contribution in [3.63, 3.8) is 0 Å². The molecule has 0 atom stereocenters. The first-order chi connectivity index (χ1) is 8.08. The summed E-state index contributed by atoms with van der Waals surface area (Å²) in [5.74, 6) is -0.431. The van der Waals surface area contributed by atoms with Crippen LogP contribution in [0, 0.1) is 6.92 Å². The molecule has 0 spiro atoms. The number of aryl methyl sites for hydroxylation is 1. The summed E-state index contributed by atoms with van der Waals surface area (Å²) in [5, 5.41) is 2.76.